The summed E-state index contributed by atoms with van der Waals surface area (Å²) in [5.74, 6) is -0.115. The summed E-state index contributed by atoms with van der Waals surface area (Å²) >= 11 is 0. The molecule has 5 heteroatoms. The van der Waals surface area contributed by atoms with Crippen LogP contribution in [0.15, 0.2) is 12.1 Å². The Morgan fingerprint density at radius 3 is 2.64 bits per heavy atom. The summed E-state index contributed by atoms with van der Waals surface area (Å²) in [6.45, 7) is 6.57. The van der Waals surface area contributed by atoms with Crippen molar-refractivity contribution in [2.75, 3.05) is 26.8 Å². The van der Waals surface area contributed by atoms with E-state index in [1.807, 2.05) is 13.8 Å². The number of ether oxygens (including phenoxy) is 2. The summed E-state index contributed by atoms with van der Waals surface area (Å²) in [5, 5.41) is 3.31. The van der Waals surface area contributed by atoms with E-state index in [1.165, 1.54) is 13.2 Å². The SMILES string of the molecule is COC(=O)c1cc(C(C)C)c(OCC2CCNCC2)cc1F. The lowest BCUT2D eigenvalue weighted by molar-refractivity contribution is 0.0595. The van der Waals surface area contributed by atoms with Crippen molar-refractivity contribution in [3.05, 3.63) is 29.1 Å². The molecule has 122 valence electrons. The first kappa shape index (κ1) is 16.7. The van der Waals surface area contributed by atoms with Crippen LogP contribution in [0.4, 0.5) is 4.39 Å². The second-order valence-corrected chi connectivity index (χ2v) is 6.02. The fraction of sp³-hybridized carbons (Fsp3) is 0.588. The van der Waals surface area contributed by atoms with Crippen LogP contribution in [0.1, 0.15) is 48.5 Å². The molecule has 4 nitrogen and oxygen atoms in total. The first-order valence-electron chi connectivity index (χ1n) is 7.78. The number of benzene rings is 1. The maximum Gasteiger partial charge on any atom is 0.340 e. The summed E-state index contributed by atoms with van der Waals surface area (Å²) in [5.41, 5.74) is 0.788. The normalized spacial score (nSPS) is 15.9. The first-order valence-corrected chi connectivity index (χ1v) is 7.78. The first-order chi connectivity index (χ1) is 10.5. The molecule has 0 spiro atoms. The zero-order valence-corrected chi connectivity index (χ0v) is 13.4. The van der Waals surface area contributed by atoms with Gasteiger partial charge in [0.2, 0.25) is 0 Å². The van der Waals surface area contributed by atoms with E-state index in [9.17, 15) is 9.18 Å². The van der Waals surface area contributed by atoms with Crippen molar-refractivity contribution in [3.8, 4) is 5.75 Å². The molecule has 22 heavy (non-hydrogen) atoms. The van der Waals surface area contributed by atoms with E-state index < -0.39 is 11.8 Å². The lowest BCUT2D eigenvalue weighted by Gasteiger charge is -2.24. The number of esters is 1. The van der Waals surface area contributed by atoms with Crippen LogP contribution < -0.4 is 10.1 Å². The highest BCUT2D eigenvalue weighted by atomic mass is 19.1. The summed E-state index contributed by atoms with van der Waals surface area (Å²) in [6.07, 6.45) is 2.14. The molecule has 0 atom stereocenters. The van der Waals surface area contributed by atoms with E-state index >= 15 is 0 Å². The van der Waals surface area contributed by atoms with E-state index in [0.717, 1.165) is 31.5 Å². The number of carbonyl (C=O) groups is 1. The molecule has 0 bridgehead atoms. The van der Waals surface area contributed by atoms with Crippen LogP contribution in [0.5, 0.6) is 5.75 Å². The standard InChI is InChI=1S/C17H24FNO3/c1-11(2)13-8-14(17(20)21-3)15(18)9-16(13)22-10-12-4-6-19-7-5-12/h8-9,11-12,19H,4-7,10H2,1-3H3. The lowest BCUT2D eigenvalue weighted by Crippen LogP contribution is -2.30. The number of carbonyl (C=O) groups excluding carboxylic acids is 1. The van der Waals surface area contributed by atoms with Gasteiger partial charge >= 0.3 is 5.97 Å². The Balaban J connectivity index is 2.18. The summed E-state index contributed by atoms with van der Waals surface area (Å²) in [6, 6.07) is 2.85. The number of hydrogen-bond donors (Lipinski definition) is 1. The van der Waals surface area contributed by atoms with Gasteiger partial charge in [-0.15, -0.1) is 0 Å². The van der Waals surface area contributed by atoms with Crippen LogP contribution in [0.25, 0.3) is 0 Å². The zero-order valence-electron chi connectivity index (χ0n) is 13.4. The highest BCUT2D eigenvalue weighted by Crippen LogP contribution is 2.30. The van der Waals surface area contributed by atoms with Crippen molar-refractivity contribution in [3.63, 3.8) is 0 Å². The van der Waals surface area contributed by atoms with Crippen LogP contribution >= 0.6 is 0 Å². The molecule has 0 unspecified atom stereocenters. The molecule has 1 aliphatic heterocycles. The third-order valence-corrected chi connectivity index (χ3v) is 4.06. The van der Waals surface area contributed by atoms with Gasteiger partial charge in [0.15, 0.2) is 0 Å². The van der Waals surface area contributed by atoms with Gasteiger partial charge < -0.3 is 14.8 Å². The van der Waals surface area contributed by atoms with Crippen LogP contribution in [-0.2, 0) is 4.74 Å². The topological polar surface area (TPSA) is 47.6 Å². The molecule has 1 saturated heterocycles. The smallest absolute Gasteiger partial charge is 0.340 e. The van der Waals surface area contributed by atoms with Gasteiger partial charge in [0.25, 0.3) is 0 Å². The Hall–Kier alpha value is -1.62. The minimum absolute atomic E-state index is 0.0413. The van der Waals surface area contributed by atoms with Gasteiger partial charge in [-0.1, -0.05) is 13.8 Å². The molecule has 0 radical (unpaired) electrons. The molecule has 1 fully saturated rings. The van der Waals surface area contributed by atoms with Gasteiger partial charge in [-0.2, -0.15) is 0 Å². The predicted octanol–water partition coefficient (Wildman–Crippen LogP) is 3.11. The molecular weight excluding hydrogens is 285 g/mol. The molecular formula is C17H24FNO3. The van der Waals surface area contributed by atoms with Crippen molar-refractivity contribution in [2.24, 2.45) is 5.92 Å². The van der Waals surface area contributed by atoms with Gasteiger partial charge in [0.05, 0.1) is 19.3 Å². The number of nitrogens with one attached hydrogen (secondary N) is 1. The molecule has 1 aliphatic rings. The van der Waals surface area contributed by atoms with E-state index in [4.69, 9.17) is 4.74 Å². The van der Waals surface area contributed by atoms with Crippen molar-refractivity contribution < 1.29 is 18.7 Å². The number of hydrogen-bond acceptors (Lipinski definition) is 4. The van der Waals surface area contributed by atoms with Gasteiger partial charge in [-0.05, 0) is 49.4 Å². The van der Waals surface area contributed by atoms with Crippen molar-refractivity contribution in [2.45, 2.75) is 32.6 Å². The monoisotopic (exact) mass is 309 g/mol. The molecule has 2 rings (SSSR count). The minimum atomic E-state index is -0.663. The molecule has 0 saturated carbocycles. The highest BCUT2D eigenvalue weighted by Gasteiger charge is 2.20. The Morgan fingerprint density at radius 1 is 1.36 bits per heavy atom. The number of methoxy groups -OCH3 is 1. The maximum atomic E-state index is 14.1. The van der Waals surface area contributed by atoms with Crippen LogP contribution in [-0.4, -0.2) is 32.8 Å². The van der Waals surface area contributed by atoms with Crippen molar-refractivity contribution in [1.29, 1.82) is 0 Å². The number of halogens is 1. The third-order valence-electron chi connectivity index (χ3n) is 4.06. The Kier molecular flexibility index (Phi) is 5.77. The fourth-order valence-corrected chi connectivity index (χ4v) is 2.67. The summed E-state index contributed by atoms with van der Waals surface area (Å²) < 4.78 is 24.6. The molecule has 1 aromatic carbocycles. The Morgan fingerprint density at radius 2 is 2.05 bits per heavy atom. The van der Waals surface area contributed by atoms with Crippen molar-refractivity contribution >= 4 is 5.97 Å². The molecule has 0 aromatic heterocycles. The largest absolute Gasteiger partial charge is 0.493 e. The van der Waals surface area contributed by atoms with Crippen LogP contribution in [0.2, 0.25) is 0 Å². The lowest BCUT2D eigenvalue weighted by atomic mass is 9.98. The number of piperidine rings is 1. The van der Waals surface area contributed by atoms with Gasteiger partial charge in [0.1, 0.15) is 11.6 Å². The average Bonchev–Trinajstić information content (AvgIpc) is 2.52. The Labute approximate surface area is 131 Å². The van der Waals surface area contributed by atoms with Crippen LogP contribution in [0, 0.1) is 11.7 Å². The van der Waals surface area contributed by atoms with Gasteiger partial charge in [-0.25, -0.2) is 9.18 Å². The van der Waals surface area contributed by atoms with Crippen molar-refractivity contribution in [1.82, 2.24) is 5.32 Å². The molecule has 0 amide bonds. The van der Waals surface area contributed by atoms with Gasteiger partial charge in [0, 0.05) is 6.07 Å². The summed E-state index contributed by atoms with van der Waals surface area (Å²) in [7, 11) is 1.25. The second-order valence-electron chi connectivity index (χ2n) is 6.02. The molecule has 0 aliphatic carbocycles. The fourth-order valence-electron chi connectivity index (χ4n) is 2.67. The average molecular weight is 309 g/mol. The predicted molar refractivity (Wildman–Crippen MR) is 82.9 cm³/mol. The van der Waals surface area contributed by atoms with E-state index in [0.29, 0.717) is 18.3 Å². The van der Waals surface area contributed by atoms with E-state index in [-0.39, 0.29) is 11.5 Å². The molecule has 1 N–H and O–H groups in total. The third kappa shape index (κ3) is 3.97. The Bertz CT molecular complexity index is 525. The maximum absolute atomic E-state index is 14.1. The molecule has 1 aromatic rings. The quantitative estimate of drug-likeness (QED) is 0.849. The minimum Gasteiger partial charge on any atom is -0.493 e. The summed E-state index contributed by atoms with van der Waals surface area (Å²) in [4.78, 5) is 11.6. The number of rotatable bonds is 5. The zero-order chi connectivity index (χ0) is 16.1. The second kappa shape index (κ2) is 7.58. The van der Waals surface area contributed by atoms with Crippen LogP contribution in [0.3, 0.4) is 0 Å². The van der Waals surface area contributed by atoms with E-state index in [2.05, 4.69) is 10.1 Å². The van der Waals surface area contributed by atoms with Gasteiger partial charge in [-0.3, -0.25) is 0 Å². The van der Waals surface area contributed by atoms with E-state index in [1.54, 1.807) is 6.07 Å². The molecule has 1 heterocycles. The highest BCUT2D eigenvalue weighted by molar-refractivity contribution is 5.90.